The molecule has 0 aliphatic carbocycles. The Bertz CT molecular complexity index is 346. The van der Waals surface area contributed by atoms with Crippen LogP contribution in [0.2, 0.25) is 0 Å². The minimum absolute atomic E-state index is 0.0160. The molecule has 0 aromatic heterocycles. The van der Waals surface area contributed by atoms with Gasteiger partial charge >= 0.3 is 143 Å². The summed E-state index contributed by atoms with van der Waals surface area (Å²) in [4.78, 5) is 3.24. The molecule has 0 aliphatic heterocycles. The summed E-state index contributed by atoms with van der Waals surface area (Å²) >= 11 is 0. The van der Waals surface area contributed by atoms with Gasteiger partial charge in [0.2, 0.25) is 0 Å². The van der Waals surface area contributed by atoms with Crippen molar-refractivity contribution >= 4 is 24.6 Å². The van der Waals surface area contributed by atoms with Crippen LogP contribution >= 0.6 is 24.6 Å². The molecule has 0 aliphatic rings. The van der Waals surface area contributed by atoms with E-state index in [1.54, 1.807) is 0 Å². The zero-order valence-electron chi connectivity index (χ0n) is 15.5. The maximum atomic E-state index is 6.01. The van der Waals surface area contributed by atoms with Crippen molar-refractivity contribution in [1.82, 2.24) is 4.86 Å². The Morgan fingerprint density at radius 3 is 1.48 bits per heavy atom. The third-order valence-electron chi connectivity index (χ3n) is 1.91. The van der Waals surface area contributed by atoms with Crippen LogP contribution in [0, 0.1) is 0 Å². The summed E-state index contributed by atoms with van der Waals surface area (Å²) in [5.41, 5.74) is 11.6. The SMILES string of the molecule is CC(C)OP(N[PH](N=[PH](N)N)(OC(C)C)OC(C)C)OC(C)C. The van der Waals surface area contributed by atoms with Gasteiger partial charge in [-0.1, -0.05) is 0 Å². The summed E-state index contributed by atoms with van der Waals surface area (Å²) < 4.78 is 28.1. The van der Waals surface area contributed by atoms with Gasteiger partial charge < -0.3 is 0 Å². The molecule has 11 heteroatoms. The van der Waals surface area contributed by atoms with Gasteiger partial charge in [0.05, 0.1) is 0 Å². The molecule has 0 aromatic carbocycles. The minimum atomic E-state index is -3.23. The zero-order valence-corrected chi connectivity index (χ0v) is 18.4. The van der Waals surface area contributed by atoms with E-state index < -0.39 is 24.6 Å². The van der Waals surface area contributed by atoms with Crippen LogP contribution in [0.25, 0.3) is 0 Å². The van der Waals surface area contributed by atoms with Crippen LogP contribution in [0.3, 0.4) is 0 Å². The second-order valence-electron chi connectivity index (χ2n) is 6.13. The van der Waals surface area contributed by atoms with Crippen LogP contribution in [0.4, 0.5) is 0 Å². The van der Waals surface area contributed by atoms with E-state index in [4.69, 9.17) is 29.1 Å². The van der Waals surface area contributed by atoms with E-state index in [1.165, 1.54) is 0 Å². The summed E-state index contributed by atoms with van der Waals surface area (Å²) in [6.45, 7) is 15.4. The van der Waals surface area contributed by atoms with E-state index in [9.17, 15) is 0 Å². The van der Waals surface area contributed by atoms with Crippen molar-refractivity contribution in [2.45, 2.75) is 79.8 Å². The second kappa shape index (κ2) is 11.4. The molecule has 0 fully saturated rings. The van der Waals surface area contributed by atoms with Gasteiger partial charge in [0.15, 0.2) is 0 Å². The van der Waals surface area contributed by atoms with E-state index in [2.05, 4.69) is 9.37 Å². The number of rotatable bonds is 11. The number of nitrogens with one attached hydrogen (secondary N) is 1. The molecule has 8 nitrogen and oxygen atoms in total. The topological polar surface area (TPSA) is 113 Å². The van der Waals surface area contributed by atoms with Crippen LogP contribution < -0.4 is 15.9 Å². The maximum absolute atomic E-state index is 6.01. The molecular formula is C12H35N4O4P3. The van der Waals surface area contributed by atoms with Crippen molar-refractivity contribution in [2.24, 2.45) is 15.5 Å². The van der Waals surface area contributed by atoms with Crippen molar-refractivity contribution in [1.29, 1.82) is 0 Å². The fraction of sp³-hybridized carbons (Fsp3) is 1.00. The van der Waals surface area contributed by atoms with Gasteiger partial charge in [0.25, 0.3) is 0 Å². The Hall–Kier alpha value is 0.810. The molecule has 0 rings (SSSR count). The molecule has 0 atom stereocenters. The van der Waals surface area contributed by atoms with Gasteiger partial charge in [-0.3, -0.25) is 0 Å². The van der Waals surface area contributed by atoms with Crippen LogP contribution in [-0.2, 0) is 18.1 Å². The molecule has 0 aromatic rings. The van der Waals surface area contributed by atoms with E-state index in [0.717, 1.165) is 0 Å². The number of hydrogen-bond donors (Lipinski definition) is 3. The third kappa shape index (κ3) is 11.9. The average molecular weight is 392 g/mol. The Balaban J connectivity index is 5.52. The van der Waals surface area contributed by atoms with Gasteiger partial charge in [0.1, 0.15) is 0 Å². The zero-order chi connectivity index (χ0) is 18.2. The average Bonchev–Trinajstić information content (AvgIpc) is 2.21. The van der Waals surface area contributed by atoms with Crippen molar-refractivity contribution in [2.75, 3.05) is 0 Å². The first-order valence-electron chi connectivity index (χ1n) is 7.83. The molecule has 0 spiro atoms. The molecule has 23 heavy (non-hydrogen) atoms. The van der Waals surface area contributed by atoms with Gasteiger partial charge in [-0.15, -0.1) is 0 Å². The molecule has 0 unspecified atom stereocenters. The van der Waals surface area contributed by atoms with Crippen molar-refractivity contribution < 1.29 is 18.1 Å². The standard InChI is InChI=1S/C12H35N4O4P3/c1-9(2)17-22(18-10(3)4)16-23(15-21(13)14,19-11(5)6)20-12(7)8/h9-12,16,21,23H,1-8H3,(H4,13,14,15). The predicted octanol–water partition coefficient (Wildman–Crippen LogP) is 4.06. The molecule has 0 heterocycles. The van der Waals surface area contributed by atoms with Crippen LogP contribution in [-0.4, -0.2) is 24.4 Å². The fourth-order valence-corrected chi connectivity index (χ4v) is 7.89. The molecule has 0 radical (unpaired) electrons. The van der Waals surface area contributed by atoms with E-state index in [1.807, 2.05) is 55.4 Å². The first kappa shape index (κ1) is 23.8. The normalized spacial score (nSPS) is 14.1. The van der Waals surface area contributed by atoms with Crippen LogP contribution in [0.5, 0.6) is 0 Å². The summed E-state index contributed by atoms with van der Waals surface area (Å²) in [7, 11) is -6.59. The molecule has 142 valence electrons. The summed E-state index contributed by atoms with van der Waals surface area (Å²) in [5.74, 6) is 0. The van der Waals surface area contributed by atoms with Crippen LogP contribution in [0.1, 0.15) is 55.4 Å². The number of nitrogens with zero attached hydrogens (tertiary/aromatic N) is 1. The molecule has 5 N–H and O–H groups in total. The molecule has 0 amide bonds. The first-order valence-corrected chi connectivity index (χ1v) is 12.4. The predicted molar refractivity (Wildman–Crippen MR) is 102 cm³/mol. The van der Waals surface area contributed by atoms with E-state index in [-0.39, 0.29) is 24.4 Å². The Labute approximate surface area is 143 Å². The Morgan fingerprint density at radius 1 is 0.826 bits per heavy atom. The van der Waals surface area contributed by atoms with Crippen molar-refractivity contribution in [3.05, 3.63) is 0 Å². The monoisotopic (exact) mass is 392 g/mol. The van der Waals surface area contributed by atoms with Crippen molar-refractivity contribution in [3.63, 3.8) is 0 Å². The number of hydrogen-bond acceptors (Lipinski definition) is 6. The summed E-state index contributed by atoms with van der Waals surface area (Å²) in [5, 5.41) is 0. The fourth-order valence-electron chi connectivity index (χ4n) is 1.54. The third-order valence-corrected chi connectivity index (χ3v) is 8.79. The summed E-state index contributed by atoms with van der Waals surface area (Å²) in [6, 6.07) is 0. The Morgan fingerprint density at radius 2 is 1.22 bits per heavy atom. The van der Waals surface area contributed by atoms with Crippen LogP contribution in [0.15, 0.2) is 4.52 Å². The summed E-state index contributed by atoms with van der Waals surface area (Å²) in [6.07, 6.45) is -0.240. The van der Waals surface area contributed by atoms with E-state index in [0.29, 0.717) is 0 Å². The van der Waals surface area contributed by atoms with Gasteiger partial charge in [-0.25, -0.2) is 0 Å². The quantitative estimate of drug-likeness (QED) is 0.455. The van der Waals surface area contributed by atoms with E-state index >= 15 is 0 Å². The van der Waals surface area contributed by atoms with Gasteiger partial charge in [0, 0.05) is 0 Å². The van der Waals surface area contributed by atoms with Gasteiger partial charge in [-0.2, -0.15) is 0 Å². The number of nitrogens with two attached hydrogens (primary N) is 2. The molecule has 0 bridgehead atoms. The van der Waals surface area contributed by atoms with Gasteiger partial charge in [-0.05, 0) is 0 Å². The molecule has 0 saturated heterocycles. The van der Waals surface area contributed by atoms with Crippen molar-refractivity contribution in [3.8, 4) is 0 Å². The second-order valence-corrected chi connectivity index (χ2v) is 11.3. The molecular weight excluding hydrogens is 357 g/mol. The Kier molecular flexibility index (Phi) is 11.8. The molecule has 0 saturated carbocycles. The first-order chi connectivity index (χ1) is 10.5.